The summed E-state index contributed by atoms with van der Waals surface area (Å²) in [5.41, 5.74) is 0. The maximum atomic E-state index is 11.9. The van der Waals surface area contributed by atoms with E-state index in [-0.39, 0.29) is 62.3 Å². The molecule has 1 rings (SSSR count). The van der Waals surface area contributed by atoms with Gasteiger partial charge < -0.3 is 70.8 Å². The lowest BCUT2D eigenvalue weighted by Gasteiger charge is -2.36. The van der Waals surface area contributed by atoms with Crippen LogP contribution in [0.3, 0.4) is 0 Å². The van der Waals surface area contributed by atoms with Crippen LogP contribution < -0.4 is 9.79 Å². The van der Waals surface area contributed by atoms with Crippen LogP contribution in [-0.2, 0) is 60.6 Å². The first kappa shape index (κ1) is 55.7. The molecule has 55 heavy (non-hydrogen) atoms. The summed E-state index contributed by atoms with van der Waals surface area (Å²) in [5, 5.41) is 19.5. The van der Waals surface area contributed by atoms with E-state index < -0.39 is 34.6 Å². The van der Waals surface area contributed by atoms with E-state index in [0.717, 1.165) is 0 Å². The number of esters is 2. The molecule has 1 aliphatic heterocycles. The predicted molar refractivity (Wildman–Crippen MR) is 198 cm³/mol. The molecule has 0 aromatic rings. The Morgan fingerprint density at radius 1 is 0.818 bits per heavy atom. The van der Waals surface area contributed by atoms with E-state index in [1.807, 2.05) is 63.1 Å². The lowest BCUT2D eigenvalue weighted by Crippen LogP contribution is -2.41. The third-order valence-corrected chi connectivity index (χ3v) is 9.24. The Labute approximate surface area is 327 Å². The highest BCUT2D eigenvalue weighted by molar-refractivity contribution is 7.46. The molecule has 328 valence electrons. The van der Waals surface area contributed by atoms with Crippen molar-refractivity contribution in [3.63, 3.8) is 0 Å². The average Bonchev–Trinajstić information content (AvgIpc) is 3.00. The van der Waals surface area contributed by atoms with E-state index in [9.17, 15) is 38.4 Å². The standard InChI is InChI=1S/C19H38NO9P.C8H16O3.C7H16NO5P/c1-7-17(28-15(3)21)11-16(22)12-18-10-14(2)27-19(29-18)13-26-30(23,24)25-9-8-20(4,5)6;1-4-8(10)5-6(2)11-7(3)9;1-8(2,3)4-6-12-14(10,11)13-7-5-9/h14,16-19,22H,7-13H2,1-6H3;6,8,10H,4-5H2,1-3H3;5H,4,6-7H2,1-3H3. The van der Waals surface area contributed by atoms with Gasteiger partial charge in [-0.2, -0.15) is 0 Å². The van der Waals surface area contributed by atoms with Gasteiger partial charge in [0.15, 0.2) is 6.29 Å². The zero-order chi connectivity index (χ0) is 43.0. The molecule has 9 atom stereocenters. The van der Waals surface area contributed by atoms with Crippen LogP contribution in [0.2, 0.25) is 0 Å². The maximum absolute atomic E-state index is 11.9. The SMILES string of the molecule is CCC(CC(O)CC1CC(C)OC(COP(=O)([O-])OCC[N+](C)(C)C)O1)OC(C)=O.CCC(O)CC(C)OC(C)=O.C[N+](C)(C)CCOP(=O)([O-])OCC=O. The van der Waals surface area contributed by atoms with Gasteiger partial charge in [0.2, 0.25) is 0 Å². The summed E-state index contributed by atoms with van der Waals surface area (Å²) in [6.07, 6.45) is 0.326. The van der Waals surface area contributed by atoms with Crippen LogP contribution in [0.5, 0.6) is 0 Å². The third kappa shape index (κ3) is 35.5. The smallest absolute Gasteiger partial charge is 0.302 e. The number of hydrogen-bond donors (Lipinski definition) is 2. The number of carbonyl (C=O) groups excluding carboxylic acids is 3. The molecular weight excluding hydrogens is 770 g/mol. The van der Waals surface area contributed by atoms with Crippen molar-refractivity contribution in [3.8, 4) is 0 Å². The van der Waals surface area contributed by atoms with E-state index in [4.69, 9.17) is 33.1 Å². The summed E-state index contributed by atoms with van der Waals surface area (Å²) in [4.78, 5) is 54.2. The Morgan fingerprint density at radius 3 is 1.76 bits per heavy atom. The van der Waals surface area contributed by atoms with Crippen LogP contribution in [0.15, 0.2) is 0 Å². The lowest BCUT2D eigenvalue weighted by atomic mass is 10.00. The van der Waals surface area contributed by atoms with Gasteiger partial charge >= 0.3 is 11.9 Å². The second kappa shape index (κ2) is 28.1. The Kier molecular flexibility index (Phi) is 28.4. The van der Waals surface area contributed by atoms with Crippen LogP contribution in [0.4, 0.5) is 0 Å². The number of likely N-dealkylation sites (N-methyl/N-ethyl adjacent to an activating group) is 2. The molecule has 0 aromatic carbocycles. The number of quaternary nitrogens is 2. The molecule has 21 heteroatoms. The van der Waals surface area contributed by atoms with Crippen LogP contribution in [0, 0.1) is 0 Å². The van der Waals surface area contributed by atoms with Gasteiger partial charge in [0.05, 0.1) is 66.7 Å². The summed E-state index contributed by atoms with van der Waals surface area (Å²) in [6, 6.07) is 0. The number of nitrogens with zero attached hydrogens (tertiary/aromatic N) is 2. The first-order valence-corrected chi connectivity index (χ1v) is 21.3. The third-order valence-electron chi connectivity index (χ3n) is 7.32. The molecule has 0 radical (unpaired) electrons. The van der Waals surface area contributed by atoms with E-state index in [1.54, 1.807) is 6.92 Å². The first-order valence-electron chi connectivity index (χ1n) is 18.4. The highest BCUT2D eigenvalue weighted by Crippen LogP contribution is 2.39. The minimum absolute atomic E-state index is 0.0167. The first-order chi connectivity index (χ1) is 25.1. The predicted octanol–water partition coefficient (Wildman–Crippen LogP) is 1.69. The van der Waals surface area contributed by atoms with Crippen molar-refractivity contribution in [2.45, 2.75) is 123 Å². The van der Waals surface area contributed by atoms with Gasteiger partial charge in [-0.3, -0.25) is 18.7 Å². The fourth-order valence-corrected chi connectivity index (χ4v) is 5.84. The number of aldehydes is 1. The molecule has 19 nitrogen and oxygen atoms in total. The maximum Gasteiger partial charge on any atom is 0.302 e. The molecule has 0 aromatic heterocycles. The van der Waals surface area contributed by atoms with E-state index in [2.05, 4.69) is 9.05 Å². The van der Waals surface area contributed by atoms with E-state index >= 15 is 0 Å². The Balaban J connectivity index is 0. The molecule has 1 aliphatic rings. The zero-order valence-electron chi connectivity index (χ0n) is 34.9. The molecule has 1 fully saturated rings. The number of rotatable bonds is 24. The van der Waals surface area contributed by atoms with Crippen molar-refractivity contribution >= 4 is 33.9 Å². The molecule has 0 amide bonds. The minimum atomic E-state index is -4.47. The number of ether oxygens (including phenoxy) is 4. The number of aliphatic hydroxyl groups excluding tert-OH is 2. The van der Waals surface area contributed by atoms with Gasteiger partial charge in [-0.1, -0.05) is 13.8 Å². The monoisotopic (exact) mass is 840 g/mol. The molecule has 0 saturated carbocycles. The van der Waals surface area contributed by atoms with Crippen molar-refractivity contribution < 1.29 is 89.5 Å². The van der Waals surface area contributed by atoms with Crippen molar-refractivity contribution in [3.05, 3.63) is 0 Å². The van der Waals surface area contributed by atoms with Gasteiger partial charge in [-0.15, -0.1) is 0 Å². The summed E-state index contributed by atoms with van der Waals surface area (Å²) in [7, 11) is 2.75. The molecule has 9 unspecified atom stereocenters. The minimum Gasteiger partial charge on any atom is -0.756 e. The number of hydrogen-bond acceptors (Lipinski definition) is 17. The van der Waals surface area contributed by atoms with Gasteiger partial charge in [0.1, 0.15) is 58.0 Å². The molecule has 2 N–H and O–H groups in total. The highest BCUT2D eigenvalue weighted by atomic mass is 31.2. The van der Waals surface area contributed by atoms with Gasteiger partial charge in [-0.25, -0.2) is 0 Å². The van der Waals surface area contributed by atoms with Crippen molar-refractivity contribution in [2.75, 3.05) is 81.8 Å². The van der Waals surface area contributed by atoms with Crippen LogP contribution in [-0.4, -0.2) is 162 Å². The van der Waals surface area contributed by atoms with Crippen LogP contribution in [0.1, 0.15) is 80.1 Å². The molecule has 0 spiro atoms. The molecule has 0 bridgehead atoms. The number of phosphoric ester groups is 2. The summed E-state index contributed by atoms with van der Waals surface area (Å²) in [5.74, 6) is -0.672. The van der Waals surface area contributed by atoms with Gasteiger partial charge in [0, 0.05) is 26.7 Å². The Morgan fingerprint density at radius 2 is 1.33 bits per heavy atom. The lowest BCUT2D eigenvalue weighted by molar-refractivity contribution is -0.870. The normalized spacial score (nSPS) is 21.8. The molecule has 1 saturated heterocycles. The van der Waals surface area contributed by atoms with E-state index in [1.165, 1.54) is 13.8 Å². The van der Waals surface area contributed by atoms with Crippen LogP contribution in [0.25, 0.3) is 0 Å². The van der Waals surface area contributed by atoms with Crippen LogP contribution >= 0.6 is 15.6 Å². The summed E-state index contributed by atoms with van der Waals surface area (Å²) >= 11 is 0. The number of carbonyl (C=O) groups is 3. The van der Waals surface area contributed by atoms with Gasteiger partial charge in [-0.05, 0) is 39.5 Å². The quantitative estimate of drug-likeness (QED) is 0.0608. The van der Waals surface area contributed by atoms with Crippen molar-refractivity contribution in [1.29, 1.82) is 0 Å². The Bertz CT molecular complexity index is 1170. The largest absolute Gasteiger partial charge is 0.756 e. The van der Waals surface area contributed by atoms with E-state index in [0.29, 0.717) is 66.9 Å². The molecule has 0 aliphatic carbocycles. The van der Waals surface area contributed by atoms with Gasteiger partial charge in [0.25, 0.3) is 15.6 Å². The fraction of sp³-hybridized carbons (Fsp3) is 0.912. The molecular formula is C34H70N2O17P2. The zero-order valence-corrected chi connectivity index (χ0v) is 36.7. The second-order valence-electron chi connectivity index (χ2n) is 15.2. The average molecular weight is 841 g/mol. The topological polar surface area (TPSA) is 246 Å². The van der Waals surface area contributed by atoms with Crippen molar-refractivity contribution in [2.24, 2.45) is 0 Å². The number of aliphatic hydroxyl groups is 2. The highest BCUT2D eigenvalue weighted by Gasteiger charge is 2.31. The second-order valence-corrected chi connectivity index (χ2v) is 18.0. The summed E-state index contributed by atoms with van der Waals surface area (Å²) < 4.78 is 63.8. The summed E-state index contributed by atoms with van der Waals surface area (Å²) in [6.45, 7) is 10.4. The van der Waals surface area contributed by atoms with Crippen molar-refractivity contribution in [1.82, 2.24) is 0 Å². The molecule has 1 heterocycles. The fourth-order valence-electron chi connectivity index (χ4n) is 4.54. The number of phosphoric acid groups is 2. The Hall–Kier alpha value is -1.41.